The summed E-state index contributed by atoms with van der Waals surface area (Å²) in [6, 6.07) is 6.05. The van der Waals surface area contributed by atoms with Crippen LogP contribution in [0, 0.1) is 21.4 Å². The smallest absolute Gasteiger partial charge is 0.416 e. The van der Waals surface area contributed by atoms with Gasteiger partial charge in [0.05, 0.1) is 16.1 Å². The Hall–Kier alpha value is -2.97. The molecule has 0 fully saturated rings. The number of ether oxygens (including phenoxy) is 1. The van der Waals surface area contributed by atoms with Crippen LogP contribution in [-0.4, -0.2) is 20.2 Å². The number of nitriles is 1. The van der Waals surface area contributed by atoms with Crippen molar-refractivity contribution in [2.24, 2.45) is 0 Å². The summed E-state index contributed by atoms with van der Waals surface area (Å²) in [5.74, 6) is -0.615. The molecule has 4 N–H and O–H groups in total. The van der Waals surface area contributed by atoms with Crippen LogP contribution < -0.4 is 10.0 Å². The average Bonchev–Trinajstić information content (AvgIpc) is 2.53. The second-order valence-electron chi connectivity index (χ2n) is 4.87. The van der Waals surface area contributed by atoms with E-state index in [2.05, 4.69) is 0 Å². The molecule has 9 nitrogen and oxygen atoms in total. The van der Waals surface area contributed by atoms with Crippen LogP contribution >= 0.6 is 7.60 Å². The van der Waals surface area contributed by atoms with Crippen molar-refractivity contribution in [2.75, 3.05) is 0 Å². The Kier molecular flexibility index (Phi) is 6.32. The maximum absolute atomic E-state index is 12.7. The third-order valence-corrected chi connectivity index (χ3v) is 4.10. The van der Waals surface area contributed by atoms with Gasteiger partial charge in [-0.1, -0.05) is 0 Å². The van der Waals surface area contributed by atoms with E-state index >= 15 is 0 Å². The molecule has 2 aromatic carbocycles. The van der Waals surface area contributed by atoms with E-state index in [9.17, 15) is 37.6 Å². The normalized spacial score (nSPS) is 11.3. The summed E-state index contributed by atoms with van der Waals surface area (Å²) in [5.41, 5.74) is -2.41. The molecule has 0 amide bonds. The Morgan fingerprint density at radius 2 is 1.81 bits per heavy atom. The predicted molar refractivity (Wildman–Crippen MR) is 84.6 cm³/mol. The molecule has 2 aromatic rings. The predicted octanol–water partition coefficient (Wildman–Crippen LogP) is 2.26. The summed E-state index contributed by atoms with van der Waals surface area (Å²) < 4.78 is 54.6. The molecule has 0 aliphatic rings. The standard InChI is InChI=1S/C14H8F3N2O6P.H2O/c15-14(16,17)9-1-4-12(8(5-9)7-18)25-10-2-3-11(19(20)21)13(6-10)26(22,23)24;/h1-6H,(H2,22,23,24);1H2. The van der Waals surface area contributed by atoms with Gasteiger partial charge >= 0.3 is 13.8 Å². The van der Waals surface area contributed by atoms with Crippen LogP contribution in [0.5, 0.6) is 11.5 Å². The minimum Gasteiger partial charge on any atom is -0.456 e. The fourth-order valence-corrected chi connectivity index (χ4v) is 2.71. The summed E-state index contributed by atoms with van der Waals surface area (Å²) in [7, 11) is -5.03. The van der Waals surface area contributed by atoms with Crippen LogP contribution in [0.1, 0.15) is 11.1 Å². The van der Waals surface area contributed by atoms with Gasteiger partial charge in [-0.05, 0) is 24.3 Å². The van der Waals surface area contributed by atoms with Crippen molar-refractivity contribution in [3.8, 4) is 17.6 Å². The largest absolute Gasteiger partial charge is 0.456 e. The maximum atomic E-state index is 12.7. The van der Waals surface area contributed by atoms with Crippen LogP contribution in [-0.2, 0) is 10.7 Å². The zero-order chi connectivity index (χ0) is 19.7. The first-order chi connectivity index (χ1) is 11.9. The van der Waals surface area contributed by atoms with Gasteiger partial charge in [-0.15, -0.1) is 0 Å². The highest BCUT2D eigenvalue weighted by Gasteiger charge is 2.32. The van der Waals surface area contributed by atoms with E-state index in [1.54, 1.807) is 0 Å². The van der Waals surface area contributed by atoms with E-state index in [1.165, 1.54) is 6.07 Å². The molecule has 0 heterocycles. The molecule has 0 atom stereocenters. The quantitative estimate of drug-likeness (QED) is 0.446. The number of hydrogen-bond acceptors (Lipinski definition) is 5. The number of benzene rings is 2. The molecular weight excluding hydrogens is 396 g/mol. The summed E-state index contributed by atoms with van der Waals surface area (Å²) in [6.45, 7) is 0. The number of nitro benzene ring substituents is 1. The molecule has 0 spiro atoms. The van der Waals surface area contributed by atoms with Gasteiger partial charge in [-0.3, -0.25) is 14.7 Å². The lowest BCUT2D eigenvalue weighted by atomic mass is 10.1. The lowest BCUT2D eigenvalue weighted by Crippen LogP contribution is -2.10. The zero-order valence-corrected chi connectivity index (χ0v) is 13.9. The third kappa shape index (κ3) is 5.02. The average molecular weight is 406 g/mol. The molecule has 13 heteroatoms. The van der Waals surface area contributed by atoms with E-state index < -0.39 is 40.8 Å². The highest BCUT2D eigenvalue weighted by molar-refractivity contribution is 7.60. The van der Waals surface area contributed by atoms with Gasteiger partial charge in [-0.2, -0.15) is 18.4 Å². The molecule has 0 saturated carbocycles. The van der Waals surface area contributed by atoms with Gasteiger partial charge in [0.15, 0.2) is 0 Å². The van der Waals surface area contributed by atoms with Crippen molar-refractivity contribution in [3.05, 3.63) is 57.6 Å². The van der Waals surface area contributed by atoms with E-state index in [0.717, 1.165) is 18.2 Å². The number of nitro groups is 1. The SMILES string of the molecule is N#Cc1cc(C(F)(F)F)ccc1Oc1ccc([N+](=O)[O-])c(P(=O)(O)O)c1.O. The fraction of sp³-hybridized carbons (Fsp3) is 0.0714. The van der Waals surface area contributed by atoms with Gasteiger partial charge in [0.1, 0.15) is 22.9 Å². The molecule has 2 rings (SSSR count). The van der Waals surface area contributed by atoms with Crippen molar-refractivity contribution in [3.63, 3.8) is 0 Å². The molecule has 0 aromatic heterocycles. The highest BCUT2D eigenvalue weighted by atomic mass is 31.2. The van der Waals surface area contributed by atoms with Gasteiger partial charge in [0.2, 0.25) is 0 Å². The molecule has 0 aliphatic carbocycles. The van der Waals surface area contributed by atoms with Gasteiger partial charge in [-0.25, -0.2) is 0 Å². The van der Waals surface area contributed by atoms with Crippen LogP contribution in [0.3, 0.4) is 0 Å². The van der Waals surface area contributed by atoms with Crippen molar-refractivity contribution in [1.82, 2.24) is 0 Å². The number of alkyl halides is 3. The summed E-state index contributed by atoms with van der Waals surface area (Å²) in [4.78, 5) is 28.3. The van der Waals surface area contributed by atoms with Gasteiger partial charge in [0, 0.05) is 12.1 Å². The molecule has 0 aliphatic heterocycles. The van der Waals surface area contributed by atoms with Crippen LogP contribution in [0.15, 0.2) is 36.4 Å². The molecule has 0 bridgehead atoms. The number of hydrogen-bond donors (Lipinski definition) is 2. The molecule has 0 unspecified atom stereocenters. The molecular formula is C14H10F3N2O7P. The zero-order valence-electron chi connectivity index (χ0n) is 13.0. The molecule has 0 saturated heterocycles. The lowest BCUT2D eigenvalue weighted by Gasteiger charge is -2.12. The Morgan fingerprint density at radius 1 is 1.19 bits per heavy atom. The lowest BCUT2D eigenvalue weighted by molar-refractivity contribution is -0.383. The Bertz CT molecular complexity index is 966. The minimum atomic E-state index is -5.03. The number of nitrogens with zero attached hydrogens (tertiary/aromatic N) is 2. The van der Waals surface area contributed by atoms with Crippen molar-refractivity contribution in [1.29, 1.82) is 5.26 Å². The van der Waals surface area contributed by atoms with Crippen LogP contribution in [0.2, 0.25) is 0 Å². The second kappa shape index (κ2) is 7.73. The Balaban J connectivity index is 0.00000364. The number of halogens is 3. The fourth-order valence-electron chi connectivity index (χ4n) is 1.96. The Morgan fingerprint density at radius 3 is 2.30 bits per heavy atom. The highest BCUT2D eigenvalue weighted by Crippen LogP contribution is 2.40. The first-order valence-electron chi connectivity index (χ1n) is 6.57. The minimum absolute atomic E-state index is 0. The molecule has 27 heavy (non-hydrogen) atoms. The summed E-state index contributed by atoms with van der Waals surface area (Å²) >= 11 is 0. The number of rotatable bonds is 4. The van der Waals surface area contributed by atoms with Crippen molar-refractivity contribution >= 4 is 18.6 Å². The van der Waals surface area contributed by atoms with Gasteiger partial charge < -0.3 is 20.0 Å². The van der Waals surface area contributed by atoms with E-state index in [0.29, 0.717) is 18.2 Å². The second-order valence-corrected chi connectivity index (χ2v) is 6.44. The molecule has 144 valence electrons. The molecule has 0 radical (unpaired) electrons. The topological polar surface area (TPSA) is 165 Å². The van der Waals surface area contributed by atoms with Crippen LogP contribution in [0.25, 0.3) is 0 Å². The third-order valence-electron chi connectivity index (χ3n) is 3.11. The monoisotopic (exact) mass is 406 g/mol. The first-order valence-corrected chi connectivity index (χ1v) is 8.18. The summed E-state index contributed by atoms with van der Waals surface area (Å²) in [5, 5.41) is 18.9. The Labute approximate surface area is 148 Å². The van der Waals surface area contributed by atoms with Crippen LogP contribution in [0.4, 0.5) is 18.9 Å². The van der Waals surface area contributed by atoms with Gasteiger partial charge in [0.25, 0.3) is 5.69 Å². The maximum Gasteiger partial charge on any atom is 0.416 e. The van der Waals surface area contributed by atoms with Crippen molar-refractivity contribution in [2.45, 2.75) is 6.18 Å². The van der Waals surface area contributed by atoms with E-state index in [4.69, 9.17) is 10.00 Å². The van der Waals surface area contributed by atoms with E-state index in [-0.39, 0.29) is 17.0 Å². The van der Waals surface area contributed by atoms with Crippen molar-refractivity contribution < 1.29 is 42.7 Å². The van der Waals surface area contributed by atoms with E-state index in [1.807, 2.05) is 0 Å². The summed E-state index contributed by atoms with van der Waals surface area (Å²) in [6.07, 6.45) is -4.68. The first kappa shape index (κ1) is 22.1.